The molecule has 108 valence electrons. The summed E-state index contributed by atoms with van der Waals surface area (Å²) >= 11 is 1.24. The van der Waals surface area contributed by atoms with Crippen LogP contribution < -0.4 is 0 Å². The predicted molar refractivity (Wildman–Crippen MR) is 79.4 cm³/mol. The zero-order valence-corrected chi connectivity index (χ0v) is 12.4. The Balaban J connectivity index is 1.84. The molecule has 1 heterocycles. The highest BCUT2D eigenvalue weighted by Gasteiger charge is 2.28. The van der Waals surface area contributed by atoms with Gasteiger partial charge in [-0.1, -0.05) is 42.1 Å². The Morgan fingerprint density at radius 2 is 2.10 bits per heavy atom. The van der Waals surface area contributed by atoms with Crippen LogP contribution in [0.5, 0.6) is 0 Å². The SMILES string of the molecule is CSC(=O)C1CCCN(C(=O)OCc2ccccc2)C1. The van der Waals surface area contributed by atoms with E-state index in [1.54, 1.807) is 11.2 Å². The first kappa shape index (κ1) is 14.9. The van der Waals surface area contributed by atoms with Crippen LogP contribution in [0.4, 0.5) is 4.79 Å². The number of benzene rings is 1. The Morgan fingerprint density at radius 3 is 2.80 bits per heavy atom. The van der Waals surface area contributed by atoms with E-state index in [0.717, 1.165) is 18.4 Å². The zero-order chi connectivity index (χ0) is 14.4. The molecule has 0 bridgehead atoms. The van der Waals surface area contributed by atoms with Gasteiger partial charge in [0.25, 0.3) is 0 Å². The monoisotopic (exact) mass is 293 g/mol. The fourth-order valence-corrected chi connectivity index (χ4v) is 2.84. The fourth-order valence-electron chi connectivity index (χ4n) is 2.31. The van der Waals surface area contributed by atoms with Crippen molar-refractivity contribution in [3.05, 3.63) is 35.9 Å². The van der Waals surface area contributed by atoms with E-state index in [9.17, 15) is 9.59 Å². The highest BCUT2D eigenvalue weighted by atomic mass is 32.2. The molecular formula is C15H19NO3S. The van der Waals surface area contributed by atoms with Gasteiger partial charge in [-0.2, -0.15) is 0 Å². The van der Waals surface area contributed by atoms with E-state index in [-0.39, 0.29) is 23.7 Å². The molecule has 0 aliphatic carbocycles. The molecule has 1 aromatic carbocycles. The van der Waals surface area contributed by atoms with Gasteiger partial charge in [-0.25, -0.2) is 4.79 Å². The Labute approximate surface area is 123 Å². The van der Waals surface area contributed by atoms with Gasteiger partial charge >= 0.3 is 6.09 Å². The molecule has 1 amide bonds. The number of carbonyl (C=O) groups excluding carboxylic acids is 2. The van der Waals surface area contributed by atoms with Crippen molar-refractivity contribution < 1.29 is 14.3 Å². The first-order chi connectivity index (χ1) is 9.70. The highest BCUT2D eigenvalue weighted by Crippen LogP contribution is 2.21. The van der Waals surface area contributed by atoms with Gasteiger partial charge in [-0.3, -0.25) is 4.79 Å². The first-order valence-electron chi connectivity index (χ1n) is 6.74. The maximum atomic E-state index is 12.0. The third kappa shape index (κ3) is 4.00. The molecule has 1 aliphatic heterocycles. The maximum absolute atomic E-state index is 12.0. The van der Waals surface area contributed by atoms with Gasteiger partial charge in [0, 0.05) is 19.0 Å². The van der Waals surface area contributed by atoms with E-state index in [1.807, 2.05) is 30.3 Å². The second-order valence-electron chi connectivity index (χ2n) is 4.85. The van der Waals surface area contributed by atoms with E-state index in [2.05, 4.69) is 0 Å². The Kier molecular flexibility index (Phi) is 5.47. The van der Waals surface area contributed by atoms with Crippen LogP contribution in [-0.2, 0) is 16.1 Å². The lowest BCUT2D eigenvalue weighted by atomic mass is 10.00. The van der Waals surface area contributed by atoms with Crippen molar-refractivity contribution in [3.8, 4) is 0 Å². The van der Waals surface area contributed by atoms with Crippen molar-refractivity contribution in [3.63, 3.8) is 0 Å². The molecule has 0 radical (unpaired) electrons. The number of nitrogens with zero attached hydrogens (tertiary/aromatic N) is 1. The number of rotatable bonds is 3. The lowest BCUT2D eigenvalue weighted by Crippen LogP contribution is -2.42. The average Bonchev–Trinajstić information content (AvgIpc) is 2.53. The van der Waals surface area contributed by atoms with Crippen molar-refractivity contribution in [2.75, 3.05) is 19.3 Å². The molecule has 1 aromatic rings. The van der Waals surface area contributed by atoms with Gasteiger partial charge in [0.15, 0.2) is 5.12 Å². The standard InChI is InChI=1S/C15H19NO3S/c1-20-14(17)13-8-5-9-16(10-13)15(18)19-11-12-6-3-2-4-7-12/h2-4,6-7,13H,5,8-11H2,1H3. The van der Waals surface area contributed by atoms with Crippen LogP contribution in [0.2, 0.25) is 0 Å². The normalized spacial score (nSPS) is 18.6. The van der Waals surface area contributed by atoms with Gasteiger partial charge in [0.05, 0.1) is 0 Å². The van der Waals surface area contributed by atoms with Crippen LogP contribution in [-0.4, -0.2) is 35.5 Å². The van der Waals surface area contributed by atoms with Crippen LogP contribution in [0.25, 0.3) is 0 Å². The summed E-state index contributed by atoms with van der Waals surface area (Å²) in [5.41, 5.74) is 0.967. The molecule has 1 atom stereocenters. The smallest absolute Gasteiger partial charge is 0.410 e. The zero-order valence-electron chi connectivity index (χ0n) is 11.6. The molecule has 5 heteroatoms. The van der Waals surface area contributed by atoms with E-state index in [1.165, 1.54) is 11.8 Å². The van der Waals surface area contributed by atoms with Gasteiger partial charge < -0.3 is 9.64 Å². The number of carbonyl (C=O) groups is 2. The fraction of sp³-hybridized carbons (Fsp3) is 0.467. The van der Waals surface area contributed by atoms with Crippen molar-refractivity contribution >= 4 is 23.0 Å². The van der Waals surface area contributed by atoms with E-state index < -0.39 is 0 Å². The third-order valence-corrected chi connectivity index (χ3v) is 4.15. The summed E-state index contributed by atoms with van der Waals surface area (Å²) < 4.78 is 5.30. The number of amides is 1. The second-order valence-corrected chi connectivity index (χ2v) is 5.66. The van der Waals surface area contributed by atoms with Crippen LogP contribution in [0.15, 0.2) is 30.3 Å². The van der Waals surface area contributed by atoms with Crippen LogP contribution in [0, 0.1) is 5.92 Å². The molecule has 0 spiro atoms. The van der Waals surface area contributed by atoms with Crippen molar-refractivity contribution in [2.45, 2.75) is 19.4 Å². The number of piperidine rings is 1. The lowest BCUT2D eigenvalue weighted by Gasteiger charge is -2.30. The van der Waals surface area contributed by atoms with E-state index in [0.29, 0.717) is 13.1 Å². The molecule has 1 saturated heterocycles. The van der Waals surface area contributed by atoms with E-state index in [4.69, 9.17) is 4.74 Å². The van der Waals surface area contributed by atoms with Crippen LogP contribution in [0.1, 0.15) is 18.4 Å². The van der Waals surface area contributed by atoms with Crippen LogP contribution >= 0.6 is 11.8 Å². The molecule has 0 saturated carbocycles. The highest BCUT2D eigenvalue weighted by molar-refractivity contribution is 8.13. The molecule has 20 heavy (non-hydrogen) atoms. The number of likely N-dealkylation sites (tertiary alicyclic amines) is 1. The van der Waals surface area contributed by atoms with Crippen molar-refractivity contribution in [1.29, 1.82) is 0 Å². The lowest BCUT2D eigenvalue weighted by molar-refractivity contribution is -0.115. The van der Waals surface area contributed by atoms with E-state index >= 15 is 0 Å². The molecular weight excluding hydrogens is 274 g/mol. The first-order valence-corrected chi connectivity index (χ1v) is 7.96. The summed E-state index contributed by atoms with van der Waals surface area (Å²) in [6, 6.07) is 9.59. The number of hydrogen-bond donors (Lipinski definition) is 0. The molecule has 2 rings (SSSR count). The molecule has 0 aromatic heterocycles. The summed E-state index contributed by atoms with van der Waals surface area (Å²) in [4.78, 5) is 25.4. The molecule has 1 aliphatic rings. The number of hydrogen-bond acceptors (Lipinski definition) is 4. The quantitative estimate of drug-likeness (QED) is 0.859. The number of thioether (sulfide) groups is 1. The largest absolute Gasteiger partial charge is 0.445 e. The third-order valence-electron chi connectivity index (χ3n) is 3.42. The van der Waals surface area contributed by atoms with Gasteiger partial charge in [0.2, 0.25) is 0 Å². The maximum Gasteiger partial charge on any atom is 0.410 e. The number of ether oxygens (including phenoxy) is 1. The minimum Gasteiger partial charge on any atom is -0.445 e. The molecule has 4 nitrogen and oxygen atoms in total. The Hall–Kier alpha value is -1.49. The van der Waals surface area contributed by atoms with Crippen LogP contribution in [0.3, 0.4) is 0 Å². The van der Waals surface area contributed by atoms with Crippen molar-refractivity contribution in [1.82, 2.24) is 4.90 Å². The minimum atomic E-state index is -0.326. The van der Waals surface area contributed by atoms with Gasteiger partial charge in [-0.05, 0) is 24.7 Å². The Morgan fingerprint density at radius 1 is 1.35 bits per heavy atom. The summed E-state index contributed by atoms with van der Waals surface area (Å²) in [6.45, 7) is 1.43. The second kappa shape index (κ2) is 7.33. The predicted octanol–water partition coefficient (Wildman–Crippen LogP) is 2.92. The molecule has 0 N–H and O–H groups in total. The summed E-state index contributed by atoms with van der Waals surface area (Å²) in [7, 11) is 0. The minimum absolute atomic E-state index is 0.0528. The van der Waals surface area contributed by atoms with Gasteiger partial charge in [-0.15, -0.1) is 0 Å². The topological polar surface area (TPSA) is 46.6 Å². The summed E-state index contributed by atoms with van der Waals surface area (Å²) in [5, 5.41) is 0.158. The van der Waals surface area contributed by atoms with Crippen molar-refractivity contribution in [2.24, 2.45) is 5.92 Å². The molecule has 1 unspecified atom stereocenters. The summed E-state index contributed by atoms with van der Waals surface area (Å²) in [6.07, 6.45) is 3.18. The van der Waals surface area contributed by atoms with Gasteiger partial charge in [0.1, 0.15) is 6.61 Å². The molecule has 1 fully saturated rings. The average molecular weight is 293 g/mol. The summed E-state index contributed by atoms with van der Waals surface area (Å²) in [5.74, 6) is -0.0528. The Bertz CT molecular complexity index is 463.